The maximum atomic E-state index is 12.3. The Morgan fingerprint density at radius 2 is 1.76 bits per heavy atom. The van der Waals surface area contributed by atoms with Gasteiger partial charge in [0.2, 0.25) is 0 Å². The van der Waals surface area contributed by atoms with E-state index in [0.717, 1.165) is 18.8 Å². The van der Waals surface area contributed by atoms with E-state index in [1.807, 2.05) is 12.1 Å². The number of morpholine rings is 1. The fourth-order valence-corrected chi connectivity index (χ4v) is 2.71. The van der Waals surface area contributed by atoms with Gasteiger partial charge in [0.1, 0.15) is 0 Å². The lowest BCUT2D eigenvalue weighted by molar-refractivity contribution is -0.385. The summed E-state index contributed by atoms with van der Waals surface area (Å²) in [6.45, 7) is 3.09. The average Bonchev–Trinajstić information content (AvgIpc) is 2.67. The zero-order chi connectivity index (χ0) is 17.6. The van der Waals surface area contributed by atoms with Crippen LogP contribution in [0, 0.1) is 10.1 Å². The average molecular weight is 338 g/mol. The molecule has 25 heavy (non-hydrogen) atoms. The lowest BCUT2D eigenvalue weighted by atomic mass is 10.1. The van der Waals surface area contributed by atoms with Crippen LogP contribution in [0.1, 0.15) is 15.9 Å². The fourth-order valence-electron chi connectivity index (χ4n) is 2.71. The Morgan fingerprint density at radius 1 is 1.08 bits per heavy atom. The van der Waals surface area contributed by atoms with Crippen LogP contribution < -0.4 is 4.90 Å². The molecule has 0 aromatic heterocycles. The summed E-state index contributed by atoms with van der Waals surface area (Å²) in [5.41, 5.74) is 1.99. The second-order valence-electron chi connectivity index (χ2n) is 5.66. The molecule has 128 valence electrons. The van der Waals surface area contributed by atoms with Crippen molar-refractivity contribution in [2.45, 2.75) is 0 Å². The number of ketones is 1. The summed E-state index contributed by atoms with van der Waals surface area (Å²) in [4.78, 5) is 25.0. The molecule has 1 saturated heterocycles. The summed E-state index contributed by atoms with van der Waals surface area (Å²) in [7, 11) is 0. The predicted octanol–water partition coefficient (Wildman–Crippen LogP) is 3.33. The lowest BCUT2D eigenvalue weighted by Crippen LogP contribution is -2.36. The molecule has 0 bridgehead atoms. The first kappa shape index (κ1) is 16.9. The minimum Gasteiger partial charge on any atom is -0.378 e. The highest BCUT2D eigenvalue weighted by Crippen LogP contribution is 2.20. The molecule has 0 aliphatic carbocycles. The molecule has 1 heterocycles. The van der Waals surface area contributed by atoms with E-state index in [2.05, 4.69) is 4.90 Å². The third-order valence-corrected chi connectivity index (χ3v) is 4.08. The number of allylic oxidation sites excluding steroid dienone is 1. The van der Waals surface area contributed by atoms with E-state index in [0.29, 0.717) is 24.3 Å². The first-order valence-corrected chi connectivity index (χ1v) is 8.04. The van der Waals surface area contributed by atoms with Crippen LogP contribution in [0.4, 0.5) is 11.4 Å². The first-order valence-electron chi connectivity index (χ1n) is 8.04. The molecular weight excluding hydrogens is 320 g/mol. The number of nitro benzene ring substituents is 1. The molecule has 0 spiro atoms. The number of carbonyl (C=O) groups excluding carboxylic acids is 1. The number of nitro groups is 1. The van der Waals surface area contributed by atoms with Crippen LogP contribution in [0.3, 0.4) is 0 Å². The van der Waals surface area contributed by atoms with Crippen LogP contribution in [-0.4, -0.2) is 37.0 Å². The van der Waals surface area contributed by atoms with Gasteiger partial charge in [-0.15, -0.1) is 0 Å². The zero-order valence-electron chi connectivity index (χ0n) is 13.6. The largest absolute Gasteiger partial charge is 0.378 e. The SMILES string of the molecule is O=C(/C=C/c1ccccc1[N+](=O)[O-])c1ccc(N2CCOCC2)cc1. The Kier molecular flexibility index (Phi) is 5.20. The van der Waals surface area contributed by atoms with Crippen LogP contribution in [0.2, 0.25) is 0 Å². The summed E-state index contributed by atoms with van der Waals surface area (Å²) >= 11 is 0. The van der Waals surface area contributed by atoms with Crippen molar-refractivity contribution < 1.29 is 14.5 Å². The quantitative estimate of drug-likeness (QED) is 0.362. The Balaban J connectivity index is 1.72. The normalized spacial score (nSPS) is 14.6. The highest BCUT2D eigenvalue weighted by Gasteiger charge is 2.12. The summed E-state index contributed by atoms with van der Waals surface area (Å²) in [6.07, 6.45) is 2.85. The lowest BCUT2D eigenvalue weighted by Gasteiger charge is -2.28. The zero-order valence-corrected chi connectivity index (χ0v) is 13.6. The molecule has 1 aliphatic rings. The van der Waals surface area contributed by atoms with Crippen LogP contribution in [-0.2, 0) is 4.74 Å². The Morgan fingerprint density at radius 3 is 2.44 bits per heavy atom. The number of anilines is 1. The minimum atomic E-state index is -0.457. The predicted molar refractivity (Wildman–Crippen MR) is 95.9 cm³/mol. The Bertz CT molecular complexity index is 793. The number of rotatable bonds is 5. The van der Waals surface area contributed by atoms with Gasteiger partial charge in [-0.1, -0.05) is 12.1 Å². The van der Waals surface area contributed by atoms with E-state index >= 15 is 0 Å². The Labute approximate surface area is 145 Å². The second kappa shape index (κ2) is 7.72. The maximum Gasteiger partial charge on any atom is 0.276 e. The number of ether oxygens (including phenoxy) is 1. The molecule has 2 aromatic carbocycles. The monoisotopic (exact) mass is 338 g/mol. The molecule has 0 unspecified atom stereocenters. The van der Waals surface area contributed by atoms with Crippen molar-refractivity contribution >= 4 is 23.2 Å². The summed E-state index contributed by atoms with van der Waals surface area (Å²) in [5, 5.41) is 11.0. The van der Waals surface area contributed by atoms with E-state index in [1.54, 1.807) is 30.3 Å². The number of carbonyl (C=O) groups is 1. The van der Waals surface area contributed by atoms with E-state index in [1.165, 1.54) is 18.2 Å². The minimum absolute atomic E-state index is 0.0192. The first-order chi connectivity index (χ1) is 12.1. The number of benzene rings is 2. The standard InChI is InChI=1S/C19H18N2O4/c22-19(10-7-15-3-1-2-4-18(15)21(23)24)16-5-8-17(9-6-16)20-11-13-25-14-12-20/h1-10H,11-14H2/b10-7+. The number of hydrogen-bond donors (Lipinski definition) is 0. The van der Waals surface area contributed by atoms with Crippen LogP contribution in [0.5, 0.6) is 0 Å². The van der Waals surface area contributed by atoms with Gasteiger partial charge in [0.05, 0.1) is 23.7 Å². The summed E-state index contributed by atoms with van der Waals surface area (Å²) in [6, 6.07) is 13.7. The fraction of sp³-hybridized carbons (Fsp3) is 0.211. The van der Waals surface area contributed by atoms with Gasteiger partial charge in [0, 0.05) is 30.4 Å². The molecule has 6 heteroatoms. The van der Waals surface area contributed by atoms with E-state index in [9.17, 15) is 14.9 Å². The van der Waals surface area contributed by atoms with Gasteiger partial charge in [0.25, 0.3) is 5.69 Å². The number of para-hydroxylation sites is 1. The van der Waals surface area contributed by atoms with Crippen LogP contribution in [0.15, 0.2) is 54.6 Å². The molecule has 3 rings (SSSR count). The van der Waals surface area contributed by atoms with Gasteiger partial charge < -0.3 is 9.64 Å². The highest BCUT2D eigenvalue weighted by molar-refractivity contribution is 6.07. The van der Waals surface area contributed by atoms with Crippen LogP contribution in [0.25, 0.3) is 6.08 Å². The van der Waals surface area contributed by atoms with Crippen molar-refractivity contribution in [2.24, 2.45) is 0 Å². The van der Waals surface area contributed by atoms with Crippen molar-refractivity contribution in [2.75, 3.05) is 31.2 Å². The molecular formula is C19H18N2O4. The molecule has 0 radical (unpaired) electrons. The maximum absolute atomic E-state index is 12.3. The van der Waals surface area contributed by atoms with Crippen molar-refractivity contribution in [3.05, 3.63) is 75.8 Å². The smallest absolute Gasteiger partial charge is 0.276 e. The van der Waals surface area contributed by atoms with Gasteiger partial charge >= 0.3 is 0 Å². The molecule has 0 N–H and O–H groups in total. The van der Waals surface area contributed by atoms with Gasteiger partial charge in [-0.2, -0.15) is 0 Å². The third-order valence-electron chi connectivity index (χ3n) is 4.08. The van der Waals surface area contributed by atoms with Gasteiger partial charge in [-0.05, 0) is 42.5 Å². The molecule has 0 amide bonds. The van der Waals surface area contributed by atoms with Gasteiger partial charge in [0.15, 0.2) is 5.78 Å². The number of nitrogens with zero attached hydrogens (tertiary/aromatic N) is 2. The van der Waals surface area contributed by atoms with Crippen molar-refractivity contribution in [1.82, 2.24) is 0 Å². The van der Waals surface area contributed by atoms with Crippen molar-refractivity contribution in [3.8, 4) is 0 Å². The number of hydrogen-bond acceptors (Lipinski definition) is 5. The summed E-state index contributed by atoms with van der Waals surface area (Å²) < 4.78 is 5.33. The second-order valence-corrected chi connectivity index (χ2v) is 5.66. The summed E-state index contributed by atoms with van der Waals surface area (Å²) in [5.74, 6) is -0.188. The highest BCUT2D eigenvalue weighted by atomic mass is 16.6. The van der Waals surface area contributed by atoms with Gasteiger partial charge in [-0.3, -0.25) is 14.9 Å². The van der Waals surface area contributed by atoms with Crippen LogP contribution >= 0.6 is 0 Å². The van der Waals surface area contributed by atoms with E-state index < -0.39 is 4.92 Å². The molecule has 1 fully saturated rings. The van der Waals surface area contributed by atoms with Crippen molar-refractivity contribution in [3.63, 3.8) is 0 Å². The molecule has 2 aromatic rings. The van der Waals surface area contributed by atoms with E-state index in [4.69, 9.17) is 4.74 Å². The molecule has 0 saturated carbocycles. The molecule has 1 aliphatic heterocycles. The van der Waals surface area contributed by atoms with Crippen molar-refractivity contribution in [1.29, 1.82) is 0 Å². The Hall–Kier alpha value is -2.99. The van der Waals surface area contributed by atoms with Gasteiger partial charge in [-0.25, -0.2) is 0 Å². The molecule has 0 atom stereocenters. The van der Waals surface area contributed by atoms with E-state index in [-0.39, 0.29) is 11.5 Å². The topological polar surface area (TPSA) is 72.7 Å². The third kappa shape index (κ3) is 4.10. The molecule has 6 nitrogen and oxygen atoms in total.